The second kappa shape index (κ2) is 9.45. The maximum atomic E-state index is 6.64. The fraction of sp³-hybridized carbons (Fsp3) is 0.167. The molecular formula is C36H31BO2S. The van der Waals surface area contributed by atoms with Gasteiger partial charge in [0.1, 0.15) is 0 Å². The SMILES string of the molecule is CC1(C)OB(c2cc(-c3ccccc3)cc3c2sc2c(-c4ccccc4)cc(-c4ccccc4)cc23)OC1(C)C. The van der Waals surface area contributed by atoms with Crippen molar-refractivity contribution in [3.8, 4) is 33.4 Å². The highest BCUT2D eigenvalue weighted by molar-refractivity contribution is 7.27. The maximum Gasteiger partial charge on any atom is 0.496 e. The number of hydrogen-bond acceptors (Lipinski definition) is 3. The minimum Gasteiger partial charge on any atom is -0.399 e. The number of thiophene rings is 1. The third-order valence-corrected chi connectivity index (χ3v) is 9.81. The first-order valence-corrected chi connectivity index (χ1v) is 14.7. The molecule has 0 atom stereocenters. The van der Waals surface area contributed by atoms with Crippen molar-refractivity contribution in [2.45, 2.75) is 38.9 Å². The summed E-state index contributed by atoms with van der Waals surface area (Å²) in [5.41, 5.74) is 7.51. The van der Waals surface area contributed by atoms with Gasteiger partial charge in [-0.3, -0.25) is 0 Å². The van der Waals surface area contributed by atoms with Gasteiger partial charge in [-0.05, 0) is 73.7 Å². The summed E-state index contributed by atoms with van der Waals surface area (Å²) in [6.45, 7) is 8.48. The van der Waals surface area contributed by atoms with E-state index in [-0.39, 0.29) is 0 Å². The van der Waals surface area contributed by atoms with Crippen LogP contribution >= 0.6 is 11.3 Å². The smallest absolute Gasteiger partial charge is 0.399 e. The molecule has 2 nitrogen and oxygen atoms in total. The Morgan fingerprint density at radius 2 is 0.950 bits per heavy atom. The summed E-state index contributed by atoms with van der Waals surface area (Å²) in [6.07, 6.45) is 0. The van der Waals surface area contributed by atoms with Crippen molar-refractivity contribution >= 4 is 44.1 Å². The van der Waals surface area contributed by atoms with Crippen molar-refractivity contribution in [3.05, 3.63) is 115 Å². The minimum atomic E-state index is -0.446. The van der Waals surface area contributed by atoms with Crippen LogP contribution in [0, 0.1) is 0 Å². The molecular weight excluding hydrogens is 507 g/mol. The molecule has 5 aromatic carbocycles. The first kappa shape index (κ1) is 25.3. The standard InChI is InChI=1S/C36H31BO2S/c1-35(2)36(3,4)39-37(38-35)32-23-28(25-16-10-6-11-17-25)22-31-30-21-27(24-14-8-5-9-15-24)20-29(33(30)40-34(31)32)26-18-12-7-13-19-26/h5-23H,1-4H3. The summed E-state index contributed by atoms with van der Waals surface area (Å²) in [4.78, 5) is 0. The molecule has 0 spiro atoms. The molecule has 2 heterocycles. The molecule has 1 saturated heterocycles. The number of rotatable bonds is 4. The highest BCUT2D eigenvalue weighted by Crippen LogP contribution is 2.45. The molecule has 0 unspecified atom stereocenters. The highest BCUT2D eigenvalue weighted by Gasteiger charge is 2.52. The van der Waals surface area contributed by atoms with Crippen LogP contribution in [-0.4, -0.2) is 18.3 Å². The Kier molecular flexibility index (Phi) is 5.97. The lowest BCUT2D eigenvalue weighted by Crippen LogP contribution is -2.41. The molecule has 196 valence electrons. The van der Waals surface area contributed by atoms with Crippen molar-refractivity contribution in [1.82, 2.24) is 0 Å². The molecule has 0 radical (unpaired) electrons. The molecule has 0 bridgehead atoms. The Labute approximate surface area is 240 Å². The monoisotopic (exact) mass is 538 g/mol. The molecule has 4 heteroatoms. The predicted molar refractivity (Wildman–Crippen MR) is 171 cm³/mol. The maximum absolute atomic E-state index is 6.64. The van der Waals surface area contributed by atoms with Crippen molar-refractivity contribution in [3.63, 3.8) is 0 Å². The van der Waals surface area contributed by atoms with E-state index in [0.717, 1.165) is 5.46 Å². The summed E-state index contributed by atoms with van der Waals surface area (Å²) in [7, 11) is -0.446. The normalized spacial score (nSPS) is 16.1. The van der Waals surface area contributed by atoms with Crippen LogP contribution in [0.3, 0.4) is 0 Å². The van der Waals surface area contributed by atoms with E-state index < -0.39 is 18.3 Å². The van der Waals surface area contributed by atoms with Gasteiger partial charge in [0.25, 0.3) is 0 Å². The second-order valence-electron chi connectivity index (χ2n) is 11.6. The second-order valence-corrected chi connectivity index (χ2v) is 12.7. The van der Waals surface area contributed by atoms with E-state index in [9.17, 15) is 0 Å². The molecule has 1 aliphatic heterocycles. The van der Waals surface area contributed by atoms with Gasteiger partial charge in [0.15, 0.2) is 0 Å². The molecule has 0 aliphatic carbocycles. The Bertz CT molecular complexity index is 1820. The lowest BCUT2D eigenvalue weighted by atomic mass is 9.77. The van der Waals surface area contributed by atoms with Crippen LogP contribution in [0.5, 0.6) is 0 Å². The average molecular weight is 539 g/mol. The molecule has 40 heavy (non-hydrogen) atoms. The van der Waals surface area contributed by atoms with Gasteiger partial charge in [0.05, 0.1) is 11.2 Å². The Morgan fingerprint density at radius 1 is 0.500 bits per heavy atom. The van der Waals surface area contributed by atoms with Crippen LogP contribution in [0.4, 0.5) is 0 Å². The van der Waals surface area contributed by atoms with Gasteiger partial charge in [-0.2, -0.15) is 0 Å². The molecule has 0 N–H and O–H groups in total. The third kappa shape index (κ3) is 4.19. The quantitative estimate of drug-likeness (QED) is 0.208. The van der Waals surface area contributed by atoms with Crippen molar-refractivity contribution < 1.29 is 9.31 Å². The summed E-state index contributed by atoms with van der Waals surface area (Å²) < 4.78 is 15.8. The van der Waals surface area contributed by atoms with Crippen molar-refractivity contribution in [1.29, 1.82) is 0 Å². The van der Waals surface area contributed by atoms with Gasteiger partial charge in [0.2, 0.25) is 0 Å². The van der Waals surface area contributed by atoms with Crippen molar-refractivity contribution in [2.75, 3.05) is 0 Å². The fourth-order valence-corrected chi connectivity index (χ4v) is 6.90. The van der Waals surface area contributed by atoms with Crippen LogP contribution in [0.2, 0.25) is 0 Å². The molecule has 1 aliphatic rings. The molecule has 0 saturated carbocycles. The van der Waals surface area contributed by atoms with E-state index in [4.69, 9.17) is 9.31 Å². The third-order valence-electron chi connectivity index (χ3n) is 8.51. The first-order valence-electron chi connectivity index (χ1n) is 13.9. The van der Waals surface area contributed by atoms with Gasteiger partial charge in [-0.15, -0.1) is 11.3 Å². The minimum absolute atomic E-state index is 0.418. The van der Waals surface area contributed by atoms with Crippen LogP contribution in [0.15, 0.2) is 115 Å². The van der Waals surface area contributed by atoms with Crippen LogP contribution in [-0.2, 0) is 9.31 Å². The van der Waals surface area contributed by atoms with Crippen LogP contribution in [0.1, 0.15) is 27.7 Å². The van der Waals surface area contributed by atoms with E-state index in [1.54, 1.807) is 0 Å². The summed E-state index contributed by atoms with van der Waals surface area (Å²) in [6, 6.07) is 41.3. The summed E-state index contributed by atoms with van der Waals surface area (Å²) in [5.74, 6) is 0. The predicted octanol–water partition coefficient (Wildman–Crippen LogP) is 9.35. The van der Waals surface area contributed by atoms with E-state index in [0.29, 0.717) is 0 Å². The Morgan fingerprint density at radius 3 is 1.48 bits per heavy atom. The van der Waals surface area contributed by atoms with Gasteiger partial charge >= 0.3 is 7.12 Å². The largest absolute Gasteiger partial charge is 0.496 e. The van der Waals surface area contributed by atoms with E-state index >= 15 is 0 Å². The highest BCUT2D eigenvalue weighted by atomic mass is 32.1. The van der Waals surface area contributed by atoms with Gasteiger partial charge < -0.3 is 9.31 Å². The Balaban J connectivity index is 1.56. The lowest BCUT2D eigenvalue weighted by molar-refractivity contribution is 0.00578. The topological polar surface area (TPSA) is 18.5 Å². The zero-order valence-corrected chi connectivity index (χ0v) is 24.1. The van der Waals surface area contributed by atoms with E-state index in [2.05, 4.69) is 143 Å². The fourth-order valence-electron chi connectivity index (χ4n) is 5.58. The van der Waals surface area contributed by atoms with E-state index in [1.807, 2.05) is 11.3 Å². The van der Waals surface area contributed by atoms with Gasteiger partial charge in [-0.1, -0.05) is 97.1 Å². The molecule has 7 rings (SSSR count). The van der Waals surface area contributed by atoms with Crippen molar-refractivity contribution in [2.24, 2.45) is 0 Å². The zero-order valence-electron chi connectivity index (χ0n) is 23.3. The Hall–Kier alpha value is -3.70. The lowest BCUT2D eigenvalue weighted by Gasteiger charge is -2.32. The van der Waals surface area contributed by atoms with Crippen LogP contribution in [0.25, 0.3) is 53.6 Å². The van der Waals surface area contributed by atoms with Crippen LogP contribution < -0.4 is 5.46 Å². The average Bonchev–Trinajstić information content (AvgIpc) is 3.45. The summed E-state index contributed by atoms with van der Waals surface area (Å²) in [5, 5.41) is 2.50. The molecule has 6 aromatic rings. The van der Waals surface area contributed by atoms with E-state index in [1.165, 1.54) is 53.6 Å². The molecule has 0 amide bonds. The van der Waals surface area contributed by atoms with Gasteiger partial charge in [0, 0.05) is 31.2 Å². The first-order chi connectivity index (χ1) is 19.3. The van der Waals surface area contributed by atoms with Gasteiger partial charge in [-0.25, -0.2) is 0 Å². The number of fused-ring (bicyclic) bond motifs is 3. The number of benzene rings is 5. The zero-order chi connectivity index (χ0) is 27.5. The summed E-state index contributed by atoms with van der Waals surface area (Å²) >= 11 is 1.84. The molecule has 1 fully saturated rings. The number of hydrogen-bond donors (Lipinski definition) is 0. The molecule has 1 aromatic heterocycles.